The molecule has 2 N–H and O–H groups in total. The number of H-pyrrole nitrogens is 1. The van der Waals surface area contributed by atoms with E-state index in [2.05, 4.69) is 20.5 Å². The molecule has 112 valence electrons. The van der Waals surface area contributed by atoms with Gasteiger partial charge in [-0.3, -0.25) is 9.89 Å². The van der Waals surface area contributed by atoms with Gasteiger partial charge in [0, 0.05) is 11.6 Å². The van der Waals surface area contributed by atoms with E-state index >= 15 is 0 Å². The summed E-state index contributed by atoms with van der Waals surface area (Å²) in [6.07, 6.45) is 1.43. The maximum absolute atomic E-state index is 13.6. The number of rotatable bonds is 3. The fourth-order valence-corrected chi connectivity index (χ4v) is 2.55. The third kappa shape index (κ3) is 2.60. The summed E-state index contributed by atoms with van der Waals surface area (Å²) in [5, 5.41) is 11.7. The summed E-state index contributed by atoms with van der Waals surface area (Å²) >= 11 is 1.43. The number of aromatic amines is 1. The van der Waals surface area contributed by atoms with Crippen LogP contribution in [0, 0.1) is 18.6 Å². The Morgan fingerprint density at radius 3 is 2.68 bits per heavy atom. The quantitative estimate of drug-likeness (QED) is 0.777. The van der Waals surface area contributed by atoms with Crippen molar-refractivity contribution >= 4 is 22.9 Å². The van der Waals surface area contributed by atoms with Crippen molar-refractivity contribution in [3.63, 3.8) is 0 Å². The summed E-state index contributed by atoms with van der Waals surface area (Å²) in [6.45, 7) is 1.84. The van der Waals surface area contributed by atoms with E-state index in [1.165, 1.54) is 23.6 Å². The first kappa shape index (κ1) is 14.3. The molecule has 0 fully saturated rings. The maximum Gasteiger partial charge on any atom is 0.261 e. The molecule has 2 heterocycles. The second-order valence-electron chi connectivity index (χ2n) is 4.45. The van der Waals surface area contributed by atoms with Gasteiger partial charge in [-0.2, -0.15) is 5.10 Å². The molecule has 0 aliphatic carbocycles. The molecule has 1 amide bonds. The van der Waals surface area contributed by atoms with Gasteiger partial charge in [-0.25, -0.2) is 13.8 Å². The molecule has 0 aliphatic heterocycles. The van der Waals surface area contributed by atoms with Crippen LogP contribution < -0.4 is 5.32 Å². The number of hydrogen-bond donors (Lipinski definition) is 2. The van der Waals surface area contributed by atoms with Crippen LogP contribution in [0.2, 0.25) is 0 Å². The zero-order valence-electron chi connectivity index (χ0n) is 11.4. The molecule has 3 aromatic rings. The number of nitrogens with zero attached hydrogens (tertiary/aromatic N) is 2. The number of amides is 1. The number of halogens is 2. The second-order valence-corrected chi connectivity index (χ2v) is 5.51. The van der Waals surface area contributed by atoms with Gasteiger partial charge in [0.1, 0.15) is 28.6 Å². The lowest BCUT2D eigenvalue weighted by Gasteiger charge is -2.06. The lowest BCUT2D eigenvalue weighted by atomic mass is 10.1. The van der Waals surface area contributed by atoms with Gasteiger partial charge < -0.3 is 5.32 Å². The van der Waals surface area contributed by atoms with Crippen LogP contribution in [-0.4, -0.2) is 21.1 Å². The lowest BCUT2D eigenvalue weighted by molar-refractivity contribution is 0.101. The molecule has 0 atom stereocenters. The summed E-state index contributed by atoms with van der Waals surface area (Å²) in [6, 6.07) is 3.25. The molecule has 0 saturated carbocycles. The van der Waals surface area contributed by atoms with Crippen LogP contribution in [0.15, 0.2) is 29.8 Å². The van der Waals surface area contributed by atoms with Crippen LogP contribution in [0.25, 0.3) is 11.4 Å². The number of thiazole rings is 1. The lowest BCUT2D eigenvalue weighted by Crippen LogP contribution is -2.16. The summed E-state index contributed by atoms with van der Waals surface area (Å²) in [5.74, 6) is -2.73. The molecule has 5 nitrogen and oxygen atoms in total. The largest absolute Gasteiger partial charge is 0.319 e. The van der Waals surface area contributed by atoms with Crippen LogP contribution in [0.5, 0.6) is 0 Å². The predicted molar refractivity (Wildman–Crippen MR) is 78.7 cm³/mol. The Balaban J connectivity index is 1.91. The van der Waals surface area contributed by atoms with Gasteiger partial charge in [0.05, 0.1) is 10.7 Å². The molecule has 0 saturated heterocycles. The van der Waals surface area contributed by atoms with E-state index in [-0.39, 0.29) is 0 Å². The third-order valence-corrected chi connectivity index (χ3v) is 3.71. The molecule has 22 heavy (non-hydrogen) atoms. The first-order valence-corrected chi connectivity index (χ1v) is 7.16. The first-order chi connectivity index (χ1) is 10.6. The van der Waals surface area contributed by atoms with Crippen LogP contribution >= 0.6 is 11.3 Å². The van der Waals surface area contributed by atoms with Gasteiger partial charge in [-0.1, -0.05) is 6.07 Å². The molecular formula is C14H10F2N4OS. The van der Waals surface area contributed by atoms with E-state index < -0.39 is 23.1 Å². The fourth-order valence-electron chi connectivity index (χ4n) is 1.95. The van der Waals surface area contributed by atoms with Gasteiger partial charge in [-0.05, 0) is 19.1 Å². The monoisotopic (exact) mass is 320 g/mol. The molecular weight excluding hydrogens is 310 g/mol. The number of hydrogen-bond acceptors (Lipinski definition) is 4. The highest BCUT2D eigenvalue weighted by Gasteiger charge is 2.20. The number of aromatic nitrogens is 3. The van der Waals surface area contributed by atoms with Crippen molar-refractivity contribution in [2.75, 3.05) is 5.32 Å². The Kier molecular flexibility index (Phi) is 3.68. The van der Waals surface area contributed by atoms with Crippen molar-refractivity contribution in [3.05, 3.63) is 52.0 Å². The Morgan fingerprint density at radius 2 is 2.05 bits per heavy atom. The first-order valence-electron chi connectivity index (χ1n) is 6.28. The summed E-state index contributed by atoms with van der Waals surface area (Å²) in [7, 11) is 0. The van der Waals surface area contributed by atoms with E-state index in [1.54, 1.807) is 5.38 Å². The third-order valence-electron chi connectivity index (χ3n) is 2.94. The molecule has 8 heteroatoms. The average Bonchev–Trinajstić information content (AvgIpc) is 3.07. The average molecular weight is 320 g/mol. The van der Waals surface area contributed by atoms with Gasteiger partial charge in [0.2, 0.25) is 0 Å². The SMILES string of the molecule is Cc1nc(-c2n[nH]cc2NC(=O)c2c(F)cccc2F)cs1. The minimum absolute atomic E-state index is 0.304. The zero-order chi connectivity index (χ0) is 15.7. The minimum atomic E-state index is -0.924. The molecule has 1 aromatic carbocycles. The number of carbonyl (C=O) groups is 1. The van der Waals surface area contributed by atoms with Crippen molar-refractivity contribution in [1.82, 2.24) is 15.2 Å². The van der Waals surface area contributed by atoms with Crippen molar-refractivity contribution in [2.24, 2.45) is 0 Å². The van der Waals surface area contributed by atoms with Crippen molar-refractivity contribution in [1.29, 1.82) is 0 Å². The number of benzene rings is 1. The Labute approximate surface area is 128 Å². The number of aryl methyl sites for hydroxylation is 1. The van der Waals surface area contributed by atoms with Gasteiger partial charge in [0.25, 0.3) is 5.91 Å². The Bertz CT molecular complexity index is 823. The van der Waals surface area contributed by atoms with Crippen molar-refractivity contribution in [2.45, 2.75) is 6.92 Å². The summed E-state index contributed by atoms with van der Waals surface area (Å²) < 4.78 is 27.2. The van der Waals surface area contributed by atoms with Crippen LogP contribution in [0.3, 0.4) is 0 Å². The molecule has 0 unspecified atom stereocenters. The number of anilines is 1. The Hall–Kier alpha value is -2.61. The topological polar surface area (TPSA) is 70.7 Å². The van der Waals surface area contributed by atoms with Gasteiger partial charge in [-0.15, -0.1) is 11.3 Å². The van der Waals surface area contributed by atoms with Crippen molar-refractivity contribution in [3.8, 4) is 11.4 Å². The molecule has 0 spiro atoms. The maximum atomic E-state index is 13.6. The highest BCUT2D eigenvalue weighted by atomic mass is 32.1. The summed E-state index contributed by atoms with van der Waals surface area (Å²) in [5.41, 5.74) is 0.657. The van der Waals surface area contributed by atoms with E-state index in [9.17, 15) is 13.6 Å². The van der Waals surface area contributed by atoms with E-state index in [0.29, 0.717) is 17.1 Å². The molecule has 2 aromatic heterocycles. The van der Waals surface area contributed by atoms with E-state index in [4.69, 9.17) is 0 Å². The molecule has 0 radical (unpaired) electrons. The van der Waals surface area contributed by atoms with E-state index in [0.717, 1.165) is 17.1 Å². The van der Waals surface area contributed by atoms with Gasteiger partial charge in [0.15, 0.2) is 0 Å². The smallest absolute Gasteiger partial charge is 0.261 e. The van der Waals surface area contributed by atoms with Gasteiger partial charge >= 0.3 is 0 Å². The standard InChI is InChI=1S/C14H10F2N4OS/c1-7-18-11(6-22-7)13-10(5-17-20-13)19-14(21)12-8(15)3-2-4-9(12)16/h2-6H,1H3,(H,17,20)(H,19,21). The van der Waals surface area contributed by atoms with E-state index in [1.807, 2.05) is 6.92 Å². The Morgan fingerprint density at radius 1 is 1.32 bits per heavy atom. The molecule has 0 bridgehead atoms. The predicted octanol–water partition coefficient (Wildman–Crippen LogP) is 3.37. The highest BCUT2D eigenvalue weighted by molar-refractivity contribution is 7.09. The molecule has 0 aliphatic rings. The van der Waals surface area contributed by atoms with Crippen molar-refractivity contribution < 1.29 is 13.6 Å². The molecule has 3 rings (SSSR count). The number of carbonyl (C=O) groups excluding carboxylic acids is 1. The van der Waals surface area contributed by atoms with Crippen LogP contribution in [0.4, 0.5) is 14.5 Å². The number of nitrogens with one attached hydrogen (secondary N) is 2. The summed E-state index contributed by atoms with van der Waals surface area (Å²) in [4.78, 5) is 16.4. The second kappa shape index (κ2) is 5.64. The van der Waals surface area contributed by atoms with Crippen LogP contribution in [0.1, 0.15) is 15.4 Å². The minimum Gasteiger partial charge on any atom is -0.319 e. The zero-order valence-corrected chi connectivity index (χ0v) is 12.2. The van der Waals surface area contributed by atoms with Crippen LogP contribution in [-0.2, 0) is 0 Å². The normalized spacial score (nSPS) is 10.7. The highest BCUT2D eigenvalue weighted by Crippen LogP contribution is 2.27. The fraction of sp³-hybridized carbons (Fsp3) is 0.0714.